The smallest absolute Gasteiger partial charge is 0.390 e. The number of rotatable bonds is 16. The van der Waals surface area contributed by atoms with Crippen LogP contribution in [0.15, 0.2) is 104 Å². The summed E-state index contributed by atoms with van der Waals surface area (Å²) in [6.45, 7) is 5.72. The highest BCUT2D eigenvalue weighted by Gasteiger charge is 2.11. The van der Waals surface area contributed by atoms with E-state index in [4.69, 9.17) is 0 Å². The van der Waals surface area contributed by atoms with E-state index in [1.165, 1.54) is 11.8 Å². The lowest BCUT2D eigenvalue weighted by Crippen LogP contribution is -2.32. The van der Waals surface area contributed by atoms with E-state index in [9.17, 15) is 0 Å². The van der Waals surface area contributed by atoms with E-state index in [-0.39, 0.29) is 0 Å². The molecule has 3 rings (SSSR count). The van der Waals surface area contributed by atoms with Crippen LogP contribution in [0.2, 0.25) is 0 Å². The first kappa shape index (κ1) is 30.7. The van der Waals surface area contributed by atoms with Crippen LogP contribution in [0.1, 0.15) is 0 Å². The minimum atomic E-state index is 0.640. The molecule has 1 N–H and O–H groups in total. The first-order valence-corrected chi connectivity index (χ1v) is 16.5. The predicted molar refractivity (Wildman–Crippen MR) is 174 cm³/mol. The molecule has 206 valence electrons. The molecule has 2 aromatic carbocycles. The average Bonchev–Trinajstić information content (AvgIpc) is 3.39. The molecule has 0 spiro atoms. The fourth-order valence-electron chi connectivity index (χ4n) is 3.02. The SMILES string of the molecule is C=C(N=Nc1ccc(N(C)C)cc1)S/C=C\NCCSSCC[n+]1ccsc1N=Nc1ccc(N(C)C)cc1. The zero-order valence-corrected chi connectivity index (χ0v) is 26.0. The Labute approximate surface area is 247 Å². The summed E-state index contributed by atoms with van der Waals surface area (Å²) in [7, 11) is 11.8. The van der Waals surface area contributed by atoms with Gasteiger partial charge in [-0.3, -0.25) is 0 Å². The number of hydrogen-bond donors (Lipinski definition) is 1. The Bertz CT molecular complexity index is 1240. The van der Waals surface area contributed by atoms with Gasteiger partial charge in [-0.25, -0.2) is 4.57 Å². The van der Waals surface area contributed by atoms with Crippen molar-refractivity contribution >= 4 is 72.6 Å². The molecule has 0 radical (unpaired) electrons. The van der Waals surface area contributed by atoms with Gasteiger partial charge in [0.1, 0.15) is 23.5 Å². The van der Waals surface area contributed by atoms with Gasteiger partial charge in [-0.2, -0.15) is 5.11 Å². The van der Waals surface area contributed by atoms with E-state index in [1.807, 2.05) is 120 Å². The molecule has 0 aliphatic heterocycles. The van der Waals surface area contributed by atoms with Gasteiger partial charge >= 0.3 is 5.13 Å². The standard InChI is InChI=1S/C27H35N8S4/c1-22(29-30-23-6-10-25(11-7-23)33(2)3)36-18-14-28-15-19-38-39-21-17-35-16-20-37-27(35)32-31-24-8-12-26(13-9-24)34(4)5/h6-14,16,18,20,28H,1,15,17,19,21H2,2-5H3/q+1/b18-14-,30-29?. The van der Waals surface area contributed by atoms with Crippen LogP contribution in [0.3, 0.4) is 0 Å². The Morgan fingerprint density at radius 2 is 1.51 bits per heavy atom. The monoisotopic (exact) mass is 599 g/mol. The lowest BCUT2D eigenvalue weighted by molar-refractivity contribution is -0.675. The van der Waals surface area contributed by atoms with E-state index in [2.05, 4.69) is 48.0 Å². The second-order valence-corrected chi connectivity index (χ2v) is 13.1. The summed E-state index contributed by atoms with van der Waals surface area (Å²) in [6, 6.07) is 16.0. The quantitative estimate of drug-likeness (QED) is 0.0778. The number of thiazole rings is 1. The van der Waals surface area contributed by atoms with Gasteiger partial charge in [-0.1, -0.05) is 39.9 Å². The molecule has 1 heterocycles. The molecule has 0 fully saturated rings. The van der Waals surface area contributed by atoms with Crippen molar-refractivity contribution in [2.45, 2.75) is 6.54 Å². The number of aryl methyl sites for hydroxylation is 1. The van der Waals surface area contributed by atoms with Crippen molar-refractivity contribution in [1.29, 1.82) is 0 Å². The lowest BCUT2D eigenvalue weighted by atomic mass is 10.3. The van der Waals surface area contributed by atoms with E-state index in [1.54, 1.807) is 11.3 Å². The molecule has 0 unspecified atom stereocenters. The van der Waals surface area contributed by atoms with Crippen LogP contribution in [-0.4, -0.2) is 46.2 Å². The fourth-order valence-corrected chi connectivity index (χ4v) is 6.02. The van der Waals surface area contributed by atoms with Gasteiger partial charge in [0, 0.05) is 69.2 Å². The topological polar surface area (TPSA) is 71.8 Å². The molecule has 12 heteroatoms. The molecule has 3 aromatic rings. The second-order valence-electron chi connectivity index (χ2n) is 8.51. The number of nitrogens with zero attached hydrogens (tertiary/aromatic N) is 7. The fraction of sp³-hybridized carbons (Fsp3) is 0.296. The van der Waals surface area contributed by atoms with Crippen molar-refractivity contribution in [2.75, 3.05) is 56.0 Å². The number of nitrogens with one attached hydrogen (secondary N) is 1. The van der Waals surface area contributed by atoms with Gasteiger partial charge in [-0.15, -0.1) is 5.11 Å². The van der Waals surface area contributed by atoms with Crippen LogP contribution in [0.5, 0.6) is 0 Å². The van der Waals surface area contributed by atoms with Crippen LogP contribution in [-0.2, 0) is 6.54 Å². The summed E-state index contributed by atoms with van der Waals surface area (Å²) in [5.74, 6) is 2.01. The summed E-state index contributed by atoms with van der Waals surface area (Å²) in [4.78, 5) is 4.11. The van der Waals surface area contributed by atoms with Crippen molar-refractivity contribution in [2.24, 2.45) is 20.5 Å². The van der Waals surface area contributed by atoms with Gasteiger partial charge < -0.3 is 15.1 Å². The lowest BCUT2D eigenvalue weighted by Gasteiger charge is -2.11. The summed E-state index contributed by atoms with van der Waals surface area (Å²) in [5, 5.41) is 26.1. The zero-order valence-electron chi connectivity index (χ0n) is 22.7. The van der Waals surface area contributed by atoms with E-state index >= 15 is 0 Å². The van der Waals surface area contributed by atoms with Gasteiger partial charge in [0.05, 0.1) is 10.8 Å². The molecule has 1 aromatic heterocycles. The Morgan fingerprint density at radius 1 is 0.897 bits per heavy atom. The van der Waals surface area contributed by atoms with Crippen LogP contribution in [0, 0.1) is 0 Å². The largest absolute Gasteiger partial charge is 0.408 e. The Balaban J connectivity index is 1.25. The molecular formula is C27H35N8S4+. The van der Waals surface area contributed by atoms with Crippen molar-refractivity contribution in [3.63, 3.8) is 0 Å². The third-order valence-electron chi connectivity index (χ3n) is 5.14. The predicted octanol–water partition coefficient (Wildman–Crippen LogP) is 8.01. The highest BCUT2D eigenvalue weighted by molar-refractivity contribution is 8.76. The van der Waals surface area contributed by atoms with Crippen molar-refractivity contribution < 1.29 is 4.57 Å². The highest BCUT2D eigenvalue weighted by atomic mass is 33.1. The molecule has 39 heavy (non-hydrogen) atoms. The maximum absolute atomic E-state index is 4.45. The third-order valence-corrected chi connectivity index (χ3v) is 8.94. The number of benzene rings is 2. The molecule has 0 amide bonds. The average molecular weight is 600 g/mol. The summed E-state index contributed by atoms with van der Waals surface area (Å²) in [5.41, 5.74) is 3.93. The number of hydrogen-bond acceptors (Lipinski definition) is 11. The van der Waals surface area contributed by atoms with Gasteiger partial charge in [0.15, 0.2) is 0 Å². The Morgan fingerprint density at radius 3 is 2.15 bits per heavy atom. The van der Waals surface area contributed by atoms with E-state index < -0.39 is 0 Å². The first-order chi connectivity index (χ1) is 18.9. The number of anilines is 2. The van der Waals surface area contributed by atoms with Crippen LogP contribution in [0.4, 0.5) is 27.9 Å². The number of thioether (sulfide) groups is 1. The van der Waals surface area contributed by atoms with Crippen LogP contribution < -0.4 is 19.7 Å². The molecule has 0 saturated carbocycles. The summed E-state index contributed by atoms with van der Waals surface area (Å²) >= 11 is 3.04. The Kier molecular flexibility index (Phi) is 13.4. The maximum atomic E-state index is 4.45. The minimum absolute atomic E-state index is 0.640. The minimum Gasteiger partial charge on any atom is -0.390 e. The summed E-state index contributed by atoms with van der Waals surface area (Å²) < 4.78 is 2.15. The second kappa shape index (κ2) is 17.0. The molecule has 0 saturated heterocycles. The third kappa shape index (κ3) is 11.5. The molecule has 0 atom stereocenters. The molecule has 0 aliphatic carbocycles. The van der Waals surface area contributed by atoms with E-state index in [0.29, 0.717) is 5.03 Å². The molecule has 8 nitrogen and oxygen atoms in total. The Hall–Kier alpha value is -2.80. The van der Waals surface area contributed by atoms with Crippen molar-refractivity contribution in [1.82, 2.24) is 5.32 Å². The van der Waals surface area contributed by atoms with Gasteiger partial charge in [0.25, 0.3) is 0 Å². The zero-order chi connectivity index (χ0) is 27.9. The van der Waals surface area contributed by atoms with Crippen LogP contribution >= 0.6 is 44.7 Å². The van der Waals surface area contributed by atoms with Crippen LogP contribution in [0.25, 0.3) is 0 Å². The normalized spacial score (nSPS) is 11.6. The van der Waals surface area contributed by atoms with Crippen molar-refractivity contribution in [3.05, 3.63) is 83.3 Å². The molecule has 0 aliphatic rings. The first-order valence-electron chi connectivity index (χ1n) is 12.3. The van der Waals surface area contributed by atoms with Gasteiger partial charge in [0.2, 0.25) is 0 Å². The molecular weight excluding hydrogens is 565 g/mol. The van der Waals surface area contributed by atoms with E-state index in [0.717, 1.165) is 52.5 Å². The summed E-state index contributed by atoms with van der Waals surface area (Å²) in [6.07, 6.45) is 3.99. The molecule has 0 bridgehead atoms. The highest BCUT2D eigenvalue weighted by Crippen LogP contribution is 2.24. The number of azo groups is 2. The maximum Gasteiger partial charge on any atom is 0.408 e. The van der Waals surface area contributed by atoms with Gasteiger partial charge in [-0.05, 0) is 70.4 Å². The van der Waals surface area contributed by atoms with Crippen molar-refractivity contribution in [3.8, 4) is 0 Å². The number of aromatic nitrogens is 1.